The maximum absolute atomic E-state index is 12.1. The predicted molar refractivity (Wildman–Crippen MR) is 79.8 cm³/mol. The van der Waals surface area contributed by atoms with Crippen LogP contribution in [0.15, 0.2) is 12.2 Å². The quantitative estimate of drug-likeness (QED) is 0.340. The second-order valence-corrected chi connectivity index (χ2v) is 5.72. The molecular weight excluding hydrogens is 304 g/mol. The van der Waals surface area contributed by atoms with Crippen LogP contribution in [0.25, 0.3) is 0 Å². The summed E-state index contributed by atoms with van der Waals surface area (Å²) < 4.78 is 20.5. The van der Waals surface area contributed by atoms with Gasteiger partial charge in [0.25, 0.3) is 0 Å². The smallest absolute Gasteiger partial charge is 0.310 e. The number of allylic oxidation sites excluding steroid dienone is 2. The number of methoxy groups -OCH3 is 1. The fraction of sp³-hybridized carbons (Fsp3) is 0.750. The molecule has 2 aliphatic rings. The van der Waals surface area contributed by atoms with Crippen LogP contribution in [0, 0.1) is 23.7 Å². The molecule has 0 aliphatic heterocycles. The molecule has 0 aromatic rings. The third kappa shape index (κ3) is 4.76. The molecule has 4 unspecified atom stereocenters. The lowest BCUT2D eigenvalue weighted by molar-refractivity contribution is -0.159. The Morgan fingerprint density at radius 1 is 0.957 bits per heavy atom. The van der Waals surface area contributed by atoms with Gasteiger partial charge in [-0.05, 0) is 18.3 Å². The van der Waals surface area contributed by atoms with Crippen LogP contribution in [0.3, 0.4) is 0 Å². The highest BCUT2D eigenvalue weighted by Crippen LogP contribution is 2.48. The highest BCUT2D eigenvalue weighted by Gasteiger charge is 2.52. The van der Waals surface area contributed by atoms with Crippen molar-refractivity contribution in [2.75, 3.05) is 46.8 Å². The minimum absolute atomic E-state index is 0.0105. The van der Waals surface area contributed by atoms with Crippen LogP contribution in [-0.4, -0.2) is 63.8 Å². The lowest BCUT2D eigenvalue weighted by Gasteiger charge is -2.22. The summed E-state index contributed by atoms with van der Waals surface area (Å²) >= 11 is 0. The molecule has 0 spiro atoms. The Bertz CT molecular complexity index is 434. The number of esters is 1. The number of aliphatic carboxylic acids is 1. The Hall–Kier alpha value is -1.44. The average Bonchev–Trinajstić information content (AvgIpc) is 3.14. The van der Waals surface area contributed by atoms with Gasteiger partial charge in [0, 0.05) is 7.11 Å². The lowest BCUT2D eigenvalue weighted by atomic mass is 9.83. The van der Waals surface area contributed by atoms with Crippen molar-refractivity contribution in [2.45, 2.75) is 6.42 Å². The number of hydrogen-bond donors (Lipinski definition) is 1. The number of fused-ring (bicyclic) bond motifs is 2. The van der Waals surface area contributed by atoms with E-state index in [1.807, 2.05) is 12.2 Å². The summed E-state index contributed by atoms with van der Waals surface area (Å²) in [5.41, 5.74) is 0. The summed E-state index contributed by atoms with van der Waals surface area (Å²) in [4.78, 5) is 23.5. The number of ether oxygens (including phenoxy) is 4. The SMILES string of the molecule is COCCOCCOCCOC(=O)C1C2C=CC(C2)C1C(=O)O. The second kappa shape index (κ2) is 9.00. The Balaban J connectivity index is 1.60. The molecular formula is C16H24O7. The topological polar surface area (TPSA) is 91.3 Å². The molecule has 2 bridgehead atoms. The molecule has 23 heavy (non-hydrogen) atoms. The van der Waals surface area contributed by atoms with Gasteiger partial charge in [0.2, 0.25) is 0 Å². The molecule has 1 N–H and O–H groups in total. The van der Waals surface area contributed by atoms with Gasteiger partial charge in [-0.3, -0.25) is 9.59 Å². The molecule has 4 atom stereocenters. The molecule has 0 radical (unpaired) electrons. The van der Waals surface area contributed by atoms with Gasteiger partial charge in [0.1, 0.15) is 6.61 Å². The van der Waals surface area contributed by atoms with E-state index in [1.165, 1.54) is 0 Å². The fourth-order valence-electron chi connectivity index (χ4n) is 3.24. The molecule has 1 fully saturated rings. The van der Waals surface area contributed by atoms with Crippen molar-refractivity contribution in [1.82, 2.24) is 0 Å². The normalized spacial score (nSPS) is 28.2. The molecule has 130 valence electrons. The first-order valence-corrected chi connectivity index (χ1v) is 7.87. The Morgan fingerprint density at radius 3 is 2.13 bits per heavy atom. The first kappa shape index (κ1) is 17.9. The van der Waals surface area contributed by atoms with Crippen LogP contribution in [-0.2, 0) is 28.5 Å². The van der Waals surface area contributed by atoms with Crippen molar-refractivity contribution in [1.29, 1.82) is 0 Å². The number of carbonyl (C=O) groups is 2. The largest absolute Gasteiger partial charge is 0.481 e. The van der Waals surface area contributed by atoms with E-state index < -0.39 is 23.8 Å². The molecule has 7 heteroatoms. The second-order valence-electron chi connectivity index (χ2n) is 5.72. The van der Waals surface area contributed by atoms with Gasteiger partial charge in [-0.15, -0.1) is 0 Å². The zero-order valence-electron chi connectivity index (χ0n) is 13.3. The van der Waals surface area contributed by atoms with Crippen molar-refractivity contribution >= 4 is 11.9 Å². The van der Waals surface area contributed by atoms with E-state index in [-0.39, 0.29) is 25.0 Å². The highest BCUT2D eigenvalue weighted by molar-refractivity contribution is 5.83. The first-order chi connectivity index (χ1) is 11.1. The zero-order chi connectivity index (χ0) is 16.7. The molecule has 0 saturated heterocycles. The summed E-state index contributed by atoms with van der Waals surface area (Å²) in [5, 5.41) is 9.30. The number of carboxylic acid groups (broad SMARTS) is 1. The summed E-state index contributed by atoms with van der Waals surface area (Å²) in [5.74, 6) is -2.64. The van der Waals surface area contributed by atoms with E-state index >= 15 is 0 Å². The summed E-state index contributed by atoms with van der Waals surface area (Å²) in [7, 11) is 1.61. The zero-order valence-corrected chi connectivity index (χ0v) is 13.3. The monoisotopic (exact) mass is 328 g/mol. The molecule has 1 saturated carbocycles. The Morgan fingerprint density at radius 2 is 1.52 bits per heavy atom. The summed E-state index contributed by atoms with van der Waals surface area (Å²) in [6, 6.07) is 0. The van der Waals surface area contributed by atoms with E-state index in [9.17, 15) is 14.7 Å². The molecule has 2 aliphatic carbocycles. The summed E-state index contributed by atoms with van der Waals surface area (Å²) in [6.45, 7) is 2.32. The standard InChI is InChI=1S/C16H24O7/c1-20-4-5-21-6-7-22-8-9-23-16(19)14-12-3-2-11(10-12)13(14)15(17)18/h2-3,11-14H,4-10H2,1H3,(H,17,18). The minimum Gasteiger partial charge on any atom is -0.481 e. The molecule has 7 nitrogen and oxygen atoms in total. The van der Waals surface area contributed by atoms with Gasteiger partial charge >= 0.3 is 11.9 Å². The third-order valence-corrected chi connectivity index (χ3v) is 4.29. The maximum atomic E-state index is 12.1. The average molecular weight is 328 g/mol. The van der Waals surface area contributed by atoms with Crippen LogP contribution < -0.4 is 0 Å². The van der Waals surface area contributed by atoms with E-state index in [4.69, 9.17) is 18.9 Å². The van der Waals surface area contributed by atoms with E-state index in [2.05, 4.69) is 0 Å². The molecule has 0 aromatic carbocycles. The maximum Gasteiger partial charge on any atom is 0.310 e. The van der Waals surface area contributed by atoms with Gasteiger partial charge in [-0.25, -0.2) is 0 Å². The third-order valence-electron chi connectivity index (χ3n) is 4.29. The number of hydrogen-bond acceptors (Lipinski definition) is 6. The van der Waals surface area contributed by atoms with Crippen molar-refractivity contribution in [3.63, 3.8) is 0 Å². The fourth-order valence-corrected chi connectivity index (χ4v) is 3.24. The summed E-state index contributed by atoms with van der Waals surface area (Å²) in [6.07, 6.45) is 4.57. The first-order valence-electron chi connectivity index (χ1n) is 7.87. The van der Waals surface area contributed by atoms with Gasteiger partial charge in [-0.2, -0.15) is 0 Å². The van der Waals surface area contributed by atoms with E-state index in [0.717, 1.165) is 6.42 Å². The Kier molecular flexibility index (Phi) is 7.01. The van der Waals surface area contributed by atoms with Crippen LogP contribution in [0.2, 0.25) is 0 Å². The van der Waals surface area contributed by atoms with Crippen molar-refractivity contribution in [2.24, 2.45) is 23.7 Å². The molecule has 0 amide bonds. The van der Waals surface area contributed by atoms with Crippen LogP contribution in [0.4, 0.5) is 0 Å². The molecule has 0 aromatic heterocycles. The molecule has 0 heterocycles. The van der Waals surface area contributed by atoms with Crippen LogP contribution >= 0.6 is 0 Å². The van der Waals surface area contributed by atoms with Gasteiger partial charge < -0.3 is 24.1 Å². The minimum atomic E-state index is -0.923. The predicted octanol–water partition coefficient (Wildman–Crippen LogP) is 0.732. The van der Waals surface area contributed by atoms with E-state index in [1.54, 1.807) is 7.11 Å². The Labute approximate surface area is 135 Å². The van der Waals surface area contributed by atoms with Crippen molar-refractivity contribution < 1.29 is 33.6 Å². The number of carboxylic acids is 1. The van der Waals surface area contributed by atoms with Gasteiger partial charge in [-0.1, -0.05) is 12.2 Å². The van der Waals surface area contributed by atoms with Gasteiger partial charge in [0.05, 0.1) is 44.9 Å². The van der Waals surface area contributed by atoms with Crippen LogP contribution in [0.1, 0.15) is 6.42 Å². The van der Waals surface area contributed by atoms with Crippen molar-refractivity contribution in [3.05, 3.63) is 12.2 Å². The lowest BCUT2D eigenvalue weighted by Crippen LogP contribution is -2.34. The highest BCUT2D eigenvalue weighted by atomic mass is 16.6. The van der Waals surface area contributed by atoms with Crippen LogP contribution in [0.5, 0.6) is 0 Å². The van der Waals surface area contributed by atoms with Crippen molar-refractivity contribution in [3.8, 4) is 0 Å². The van der Waals surface area contributed by atoms with Gasteiger partial charge in [0.15, 0.2) is 0 Å². The van der Waals surface area contributed by atoms with E-state index in [0.29, 0.717) is 26.4 Å². The molecule has 2 rings (SSSR count). The number of rotatable bonds is 11. The number of carbonyl (C=O) groups excluding carboxylic acids is 1.